The number of aromatic nitrogens is 2. The molecular formula is C15H19N3O2. The van der Waals surface area contributed by atoms with Gasteiger partial charge in [0, 0.05) is 16.7 Å². The quantitative estimate of drug-likeness (QED) is 0.895. The van der Waals surface area contributed by atoms with Crippen LogP contribution in [0.15, 0.2) is 29.1 Å². The van der Waals surface area contributed by atoms with E-state index in [0.717, 1.165) is 16.9 Å². The molecule has 0 fully saturated rings. The lowest BCUT2D eigenvalue weighted by Crippen LogP contribution is -2.35. The van der Waals surface area contributed by atoms with Gasteiger partial charge in [0.1, 0.15) is 5.75 Å². The normalized spacial score (nSPS) is 11.4. The van der Waals surface area contributed by atoms with Gasteiger partial charge in [-0.05, 0) is 50.6 Å². The van der Waals surface area contributed by atoms with E-state index in [9.17, 15) is 4.79 Å². The summed E-state index contributed by atoms with van der Waals surface area (Å²) in [5, 5.41) is 6.59. The third-order valence-electron chi connectivity index (χ3n) is 3.19. The summed E-state index contributed by atoms with van der Waals surface area (Å²) >= 11 is 0. The van der Waals surface area contributed by atoms with Gasteiger partial charge in [-0.15, -0.1) is 0 Å². The van der Waals surface area contributed by atoms with Crippen LogP contribution >= 0.6 is 0 Å². The van der Waals surface area contributed by atoms with Crippen molar-refractivity contribution < 1.29 is 4.74 Å². The maximum Gasteiger partial charge on any atom is 0.269 e. The van der Waals surface area contributed by atoms with Crippen molar-refractivity contribution in [2.45, 2.75) is 26.3 Å². The smallest absolute Gasteiger partial charge is 0.269 e. The summed E-state index contributed by atoms with van der Waals surface area (Å²) in [7, 11) is 1.63. The molecule has 2 aromatic rings. The van der Waals surface area contributed by atoms with Gasteiger partial charge < -0.3 is 10.5 Å². The number of hydrogen-bond donors (Lipinski definition) is 2. The SMILES string of the molecule is COc1ccc(-c2cc(C(C)(C)N)c(=O)[nH]n2)cc1C. The molecule has 0 bridgehead atoms. The van der Waals surface area contributed by atoms with Crippen LogP contribution in [0.25, 0.3) is 11.3 Å². The molecule has 5 nitrogen and oxygen atoms in total. The average molecular weight is 273 g/mol. The highest BCUT2D eigenvalue weighted by molar-refractivity contribution is 5.62. The maximum atomic E-state index is 11.8. The molecule has 0 atom stereocenters. The number of nitrogens with zero attached hydrogens (tertiary/aromatic N) is 1. The Hall–Kier alpha value is -2.14. The molecule has 0 amide bonds. The standard InChI is InChI=1S/C15H19N3O2/c1-9-7-10(5-6-13(9)20-4)12-8-11(15(2,3)16)14(19)18-17-12/h5-8H,16H2,1-4H3,(H,18,19). The first-order valence-electron chi connectivity index (χ1n) is 6.37. The second kappa shape index (κ2) is 5.09. The Morgan fingerprint density at radius 1 is 1.30 bits per heavy atom. The van der Waals surface area contributed by atoms with Crippen LogP contribution in [0.4, 0.5) is 0 Å². The topological polar surface area (TPSA) is 81.0 Å². The lowest BCUT2D eigenvalue weighted by molar-refractivity contribution is 0.412. The maximum absolute atomic E-state index is 11.8. The minimum atomic E-state index is -0.715. The first-order chi connectivity index (χ1) is 9.32. The van der Waals surface area contributed by atoms with Crippen LogP contribution < -0.4 is 16.0 Å². The van der Waals surface area contributed by atoms with Crippen molar-refractivity contribution >= 4 is 0 Å². The number of H-pyrrole nitrogens is 1. The van der Waals surface area contributed by atoms with Crippen LogP contribution in [0.3, 0.4) is 0 Å². The Balaban J connectivity index is 2.54. The van der Waals surface area contributed by atoms with Gasteiger partial charge in [0.25, 0.3) is 5.56 Å². The van der Waals surface area contributed by atoms with Crippen molar-refractivity contribution in [1.29, 1.82) is 0 Å². The number of benzene rings is 1. The Morgan fingerprint density at radius 2 is 2.00 bits per heavy atom. The van der Waals surface area contributed by atoms with Gasteiger partial charge >= 0.3 is 0 Å². The van der Waals surface area contributed by atoms with Gasteiger partial charge in [-0.1, -0.05) is 0 Å². The van der Waals surface area contributed by atoms with E-state index in [1.54, 1.807) is 27.0 Å². The van der Waals surface area contributed by atoms with E-state index in [2.05, 4.69) is 10.2 Å². The predicted molar refractivity (Wildman–Crippen MR) is 78.8 cm³/mol. The Kier molecular flexibility index (Phi) is 3.63. The first-order valence-corrected chi connectivity index (χ1v) is 6.37. The molecule has 0 spiro atoms. The summed E-state index contributed by atoms with van der Waals surface area (Å²) in [4.78, 5) is 11.8. The van der Waals surface area contributed by atoms with E-state index < -0.39 is 5.54 Å². The minimum Gasteiger partial charge on any atom is -0.496 e. The molecule has 0 unspecified atom stereocenters. The number of nitrogens with two attached hydrogens (primary N) is 1. The molecule has 0 saturated carbocycles. The van der Waals surface area contributed by atoms with E-state index in [1.165, 1.54) is 0 Å². The molecule has 2 rings (SSSR count). The first kappa shape index (κ1) is 14.3. The molecule has 1 heterocycles. The lowest BCUT2D eigenvalue weighted by atomic mass is 9.95. The second-order valence-electron chi connectivity index (χ2n) is 5.40. The van der Waals surface area contributed by atoms with Crippen LogP contribution in [-0.2, 0) is 5.54 Å². The number of aromatic amines is 1. The zero-order valence-electron chi connectivity index (χ0n) is 12.2. The summed E-state index contributed by atoms with van der Waals surface area (Å²) in [6.07, 6.45) is 0. The second-order valence-corrected chi connectivity index (χ2v) is 5.40. The van der Waals surface area contributed by atoms with Gasteiger partial charge in [-0.2, -0.15) is 5.10 Å². The van der Waals surface area contributed by atoms with Gasteiger partial charge in [-0.3, -0.25) is 4.79 Å². The van der Waals surface area contributed by atoms with Gasteiger partial charge in [0.15, 0.2) is 0 Å². The molecule has 0 aliphatic carbocycles. The van der Waals surface area contributed by atoms with Crippen molar-refractivity contribution in [3.8, 4) is 17.0 Å². The fourth-order valence-corrected chi connectivity index (χ4v) is 2.07. The van der Waals surface area contributed by atoms with E-state index in [1.807, 2.05) is 25.1 Å². The van der Waals surface area contributed by atoms with Crippen molar-refractivity contribution in [3.05, 3.63) is 45.7 Å². The van der Waals surface area contributed by atoms with Crippen molar-refractivity contribution in [2.24, 2.45) is 5.73 Å². The van der Waals surface area contributed by atoms with Crippen LogP contribution in [0.5, 0.6) is 5.75 Å². The predicted octanol–water partition coefficient (Wildman–Crippen LogP) is 1.95. The van der Waals surface area contributed by atoms with E-state index in [0.29, 0.717) is 11.3 Å². The largest absolute Gasteiger partial charge is 0.496 e. The highest BCUT2D eigenvalue weighted by Gasteiger charge is 2.19. The zero-order valence-corrected chi connectivity index (χ0v) is 12.2. The summed E-state index contributed by atoms with van der Waals surface area (Å²) in [6.45, 7) is 5.54. The molecule has 0 aliphatic rings. The number of rotatable bonds is 3. The monoisotopic (exact) mass is 273 g/mol. The van der Waals surface area contributed by atoms with Gasteiger partial charge in [0.2, 0.25) is 0 Å². The molecule has 0 radical (unpaired) electrons. The van der Waals surface area contributed by atoms with E-state index >= 15 is 0 Å². The molecule has 1 aromatic carbocycles. The molecular weight excluding hydrogens is 254 g/mol. The Labute approximate surface area is 117 Å². The molecule has 5 heteroatoms. The van der Waals surface area contributed by atoms with Gasteiger partial charge in [-0.25, -0.2) is 5.10 Å². The highest BCUT2D eigenvalue weighted by Crippen LogP contribution is 2.25. The van der Waals surface area contributed by atoms with Crippen LogP contribution in [0.1, 0.15) is 25.0 Å². The Morgan fingerprint density at radius 3 is 2.55 bits per heavy atom. The molecule has 106 valence electrons. The molecule has 0 saturated heterocycles. The number of nitrogens with one attached hydrogen (secondary N) is 1. The lowest BCUT2D eigenvalue weighted by Gasteiger charge is -2.18. The van der Waals surface area contributed by atoms with Crippen LogP contribution in [-0.4, -0.2) is 17.3 Å². The van der Waals surface area contributed by atoms with Crippen molar-refractivity contribution in [1.82, 2.24) is 10.2 Å². The molecule has 20 heavy (non-hydrogen) atoms. The Bertz CT molecular complexity index is 684. The van der Waals surface area contributed by atoms with E-state index in [4.69, 9.17) is 10.5 Å². The van der Waals surface area contributed by atoms with Crippen LogP contribution in [0.2, 0.25) is 0 Å². The number of methoxy groups -OCH3 is 1. The average Bonchev–Trinajstić information content (AvgIpc) is 2.37. The minimum absolute atomic E-state index is 0.258. The molecule has 1 aromatic heterocycles. The third-order valence-corrected chi connectivity index (χ3v) is 3.19. The summed E-state index contributed by atoms with van der Waals surface area (Å²) in [6, 6.07) is 7.48. The number of aryl methyl sites for hydroxylation is 1. The highest BCUT2D eigenvalue weighted by atomic mass is 16.5. The third kappa shape index (κ3) is 2.72. The number of hydrogen-bond acceptors (Lipinski definition) is 4. The summed E-state index contributed by atoms with van der Waals surface area (Å²) in [5.41, 5.74) is 8.15. The number of ether oxygens (including phenoxy) is 1. The summed E-state index contributed by atoms with van der Waals surface area (Å²) in [5.74, 6) is 0.817. The van der Waals surface area contributed by atoms with E-state index in [-0.39, 0.29) is 5.56 Å². The summed E-state index contributed by atoms with van der Waals surface area (Å²) < 4.78 is 5.23. The molecule has 3 N–H and O–H groups in total. The fraction of sp³-hybridized carbons (Fsp3) is 0.333. The zero-order chi connectivity index (χ0) is 14.9. The molecule has 0 aliphatic heterocycles. The van der Waals surface area contributed by atoms with Crippen LogP contribution in [0, 0.1) is 6.92 Å². The van der Waals surface area contributed by atoms with Crippen molar-refractivity contribution in [3.63, 3.8) is 0 Å². The van der Waals surface area contributed by atoms with Gasteiger partial charge in [0.05, 0.1) is 12.8 Å². The van der Waals surface area contributed by atoms with Crippen molar-refractivity contribution in [2.75, 3.05) is 7.11 Å². The fourth-order valence-electron chi connectivity index (χ4n) is 2.07.